The molecule has 1 fully saturated rings. The Labute approximate surface area is 133 Å². The zero-order valence-electron chi connectivity index (χ0n) is 12.2. The molecule has 1 unspecified atom stereocenters. The molecule has 6 heteroatoms. The van der Waals surface area contributed by atoms with Crippen LogP contribution in [0.3, 0.4) is 0 Å². The minimum absolute atomic E-state index is 0. The van der Waals surface area contributed by atoms with Gasteiger partial charge in [0.05, 0.1) is 12.7 Å². The van der Waals surface area contributed by atoms with Gasteiger partial charge in [0.15, 0.2) is 0 Å². The van der Waals surface area contributed by atoms with Crippen molar-refractivity contribution in [2.45, 2.75) is 45.3 Å². The van der Waals surface area contributed by atoms with Gasteiger partial charge in [-0.1, -0.05) is 6.42 Å². The Morgan fingerprint density at radius 1 is 1.17 bits per heavy atom. The SMILES string of the molecule is CCO[Si](O)(CCCCC1CO1)OCC.[CH3-].[CH3-].[Zr+2]. The molecule has 4 nitrogen and oxygen atoms in total. The standard InChI is InChI=1S/C10H22O4Si.2CH3.Zr/c1-3-13-15(11,14-4-2)8-6-5-7-10-9-12-10;;;/h10-11H,3-9H2,1-2H3;2*1H3;/q;2*-1;+2. The number of ether oxygens (including phenoxy) is 1. The van der Waals surface area contributed by atoms with E-state index in [2.05, 4.69) is 0 Å². The third-order valence-corrected chi connectivity index (χ3v) is 4.88. The first kappa shape index (κ1) is 24.0. The van der Waals surface area contributed by atoms with Crippen molar-refractivity contribution in [2.24, 2.45) is 0 Å². The van der Waals surface area contributed by atoms with Gasteiger partial charge in [-0.3, -0.25) is 0 Å². The van der Waals surface area contributed by atoms with Gasteiger partial charge >= 0.3 is 35.0 Å². The van der Waals surface area contributed by atoms with Crippen LogP contribution in [0.25, 0.3) is 0 Å². The normalized spacial score (nSPS) is 17.2. The van der Waals surface area contributed by atoms with Crippen LogP contribution in [0.1, 0.15) is 33.1 Å². The van der Waals surface area contributed by atoms with E-state index < -0.39 is 8.80 Å². The Kier molecular flexibility index (Phi) is 17.3. The van der Waals surface area contributed by atoms with Crippen molar-refractivity contribution in [3.63, 3.8) is 0 Å². The van der Waals surface area contributed by atoms with Crippen LogP contribution >= 0.6 is 0 Å². The molecule has 1 atom stereocenters. The summed E-state index contributed by atoms with van der Waals surface area (Å²) >= 11 is 0. The van der Waals surface area contributed by atoms with E-state index in [0.717, 1.165) is 25.9 Å². The van der Waals surface area contributed by atoms with E-state index in [1.807, 2.05) is 13.8 Å². The van der Waals surface area contributed by atoms with Crippen LogP contribution in [0, 0.1) is 14.9 Å². The summed E-state index contributed by atoms with van der Waals surface area (Å²) < 4.78 is 15.8. The van der Waals surface area contributed by atoms with Crippen molar-refractivity contribution in [3.05, 3.63) is 14.9 Å². The zero-order chi connectivity index (χ0) is 11.1. The zero-order valence-corrected chi connectivity index (χ0v) is 15.7. The molecule has 1 aliphatic rings. The molecule has 0 bridgehead atoms. The molecular formula is C12H28O4SiZr. The quantitative estimate of drug-likeness (QED) is 0.299. The van der Waals surface area contributed by atoms with Gasteiger partial charge in [0.2, 0.25) is 0 Å². The van der Waals surface area contributed by atoms with Crippen molar-refractivity contribution in [1.29, 1.82) is 0 Å². The molecule has 0 aromatic rings. The van der Waals surface area contributed by atoms with Crippen molar-refractivity contribution < 1.29 is 44.6 Å². The van der Waals surface area contributed by atoms with Gasteiger partial charge in [-0.2, -0.15) is 0 Å². The first-order valence-corrected chi connectivity index (χ1v) is 7.79. The summed E-state index contributed by atoms with van der Waals surface area (Å²) in [5.74, 6) is 0. The molecule has 0 spiro atoms. The van der Waals surface area contributed by atoms with Crippen LogP contribution < -0.4 is 0 Å². The Bertz CT molecular complexity index is 173. The van der Waals surface area contributed by atoms with Crippen LogP contribution in [-0.2, 0) is 39.8 Å². The monoisotopic (exact) mass is 354 g/mol. The maximum Gasteiger partial charge on any atom is 2.00 e. The molecule has 18 heavy (non-hydrogen) atoms. The smallest absolute Gasteiger partial charge is 0.390 e. The van der Waals surface area contributed by atoms with Gasteiger partial charge in [-0.05, 0) is 26.7 Å². The topological polar surface area (TPSA) is 51.2 Å². The Morgan fingerprint density at radius 3 is 2.06 bits per heavy atom. The average molecular weight is 356 g/mol. The summed E-state index contributed by atoms with van der Waals surface area (Å²) in [7, 11) is -2.84. The number of rotatable bonds is 9. The molecule has 0 amide bonds. The van der Waals surface area contributed by atoms with Crippen molar-refractivity contribution in [2.75, 3.05) is 19.8 Å². The second-order valence-electron chi connectivity index (χ2n) is 3.78. The Hall–Kier alpha value is 0.940. The van der Waals surface area contributed by atoms with Crippen LogP contribution in [0.5, 0.6) is 0 Å². The van der Waals surface area contributed by atoms with Gasteiger partial charge in [-0.25, -0.2) is 0 Å². The van der Waals surface area contributed by atoms with E-state index in [1.54, 1.807) is 0 Å². The maximum atomic E-state index is 10.1. The minimum Gasteiger partial charge on any atom is -0.390 e. The van der Waals surface area contributed by atoms with Gasteiger partial charge in [0.25, 0.3) is 0 Å². The van der Waals surface area contributed by atoms with E-state index in [1.165, 1.54) is 0 Å². The summed E-state index contributed by atoms with van der Waals surface area (Å²) in [5, 5.41) is 0. The molecule has 1 aliphatic heterocycles. The van der Waals surface area contributed by atoms with Crippen LogP contribution in [0.4, 0.5) is 0 Å². The molecule has 1 saturated heterocycles. The van der Waals surface area contributed by atoms with E-state index in [4.69, 9.17) is 13.6 Å². The largest absolute Gasteiger partial charge is 2.00 e. The second kappa shape index (κ2) is 12.9. The van der Waals surface area contributed by atoms with Gasteiger partial charge in [0, 0.05) is 19.3 Å². The first-order valence-electron chi connectivity index (χ1n) is 5.82. The fraction of sp³-hybridized carbons (Fsp3) is 0.833. The summed E-state index contributed by atoms with van der Waals surface area (Å²) in [6.45, 7) is 5.73. The molecule has 0 aromatic heterocycles. The fourth-order valence-electron chi connectivity index (χ4n) is 1.59. The van der Waals surface area contributed by atoms with E-state index in [-0.39, 0.29) is 41.1 Å². The predicted molar refractivity (Wildman–Crippen MR) is 72.5 cm³/mol. The van der Waals surface area contributed by atoms with Crippen molar-refractivity contribution >= 4 is 8.80 Å². The van der Waals surface area contributed by atoms with Crippen molar-refractivity contribution in [3.8, 4) is 0 Å². The molecule has 1 heterocycles. The summed E-state index contributed by atoms with van der Waals surface area (Å²) in [6.07, 6.45) is 3.63. The molecule has 0 aliphatic carbocycles. The van der Waals surface area contributed by atoms with Gasteiger partial charge < -0.3 is 33.2 Å². The molecular weight excluding hydrogens is 327 g/mol. The maximum absolute atomic E-state index is 10.1. The minimum atomic E-state index is -2.84. The molecule has 0 aromatic carbocycles. The number of hydrogen-bond acceptors (Lipinski definition) is 4. The third kappa shape index (κ3) is 10.8. The van der Waals surface area contributed by atoms with Crippen molar-refractivity contribution in [1.82, 2.24) is 0 Å². The molecule has 0 saturated carbocycles. The third-order valence-electron chi connectivity index (χ3n) is 2.41. The van der Waals surface area contributed by atoms with E-state index >= 15 is 0 Å². The summed E-state index contributed by atoms with van der Waals surface area (Å²) in [4.78, 5) is 10.1. The Morgan fingerprint density at radius 2 is 1.67 bits per heavy atom. The fourth-order valence-corrected chi connectivity index (χ4v) is 3.56. The van der Waals surface area contributed by atoms with Crippen LogP contribution in [0.2, 0.25) is 6.04 Å². The van der Waals surface area contributed by atoms with E-state index in [9.17, 15) is 4.80 Å². The number of epoxide rings is 1. The van der Waals surface area contributed by atoms with Crippen LogP contribution in [-0.4, -0.2) is 39.5 Å². The summed E-state index contributed by atoms with van der Waals surface area (Å²) in [6, 6.07) is 0.668. The van der Waals surface area contributed by atoms with Crippen LogP contribution in [0.15, 0.2) is 0 Å². The Balaban J connectivity index is -0.000000750. The first-order chi connectivity index (χ1) is 7.20. The molecule has 1 rings (SSSR count). The number of unbranched alkanes of at least 4 members (excludes halogenated alkanes) is 1. The van der Waals surface area contributed by atoms with Gasteiger partial charge in [0.1, 0.15) is 0 Å². The molecule has 0 radical (unpaired) electrons. The van der Waals surface area contributed by atoms with E-state index in [0.29, 0.717) is 25.4 Å². The number of hydrogen-bond donors (Lipinski definition) is 1. The summed E-state index contributed by atoms with van der Waals surface area (Å²) in [5.41, 5.74) is 0. The molecule has 1 N–H and O–H groups in total. The molecule has 108 valence electrons. The predicted octanol–water partition coefficient (Wildman–Crippen LogP) is 2.46. The average Bonchev–Trinajstić information content (AvgIpc) is 2.97. The van der Waals surface area contributed by atoms with Gasteiger partial charge in [-0.15, -0.1) is 0 Å². The second-order valence-corrected chi connectivity index (χ2v) is 6.28.